The summed E-state index contributed by atoms with van der Waals surface area (Å²) in [5.41, 5.74) is 0.737. The maximum atomic E-state index is 11.6. The Hall–Kier alpha value is -1.30. The van der Waals surface area contributed by atoms with Gasteiger partial charge in [-0.1, -0.05) is 11.6 Å². The topological polar surface area (TPSA) is 54.8 Å². The van der Waals surface area contributed by atoms with Crippen LogP contribution in [0.2, 0.25) is 5.02 Å². The van der Waals surface area contributed by atoms with Gasteiger partial charge in [0, 0.05) is 10.7 Å². The minimum absolute atomic E-state index is 0.185. The number of hydrogen-bond acceptors (Lipinski definition) is 2. The Morgan fingerprint density at radius 1 is 1.26 bits per heavy atom. The van der Waals surface area contributed by atoms with Crippen LogP contribution in [-0.2, 0) is 4.74 Å². The molecule has 6 heteroatoms. The van der Waals surface area contributed by atoms with Crippen LogP contribution in [0.1, 0.15) is 0 Å². The summed E-state index contributed by atoms with van der Waals surface area (Å²) in [7, 11) is 0. The number of hydrogen-bond donors (Lipinski definition) is 3. The highest BCUT2D eigenvalue weighted by molar-refractivity contribution is 6.30. The zero-order chi connectivity index (χ0) is 13.5. The van der Waals surface area contributed by atoms with Crippen LogP contribution in [0.15, 0.2) is 24.3 Å². The van der Waals surface area contributed by atoms with E-state index in [0.29, 0.717) is 11.6 Å². The molecule has 0 aliphatic carbocycles. The van der Waals surface area contributed by atoms with Crippen molar-refractivity contribution < 1.29 is 14.4 Å². The molecule has 1 heterocycles. The van der Waals surface area contributed by atoms with Gasteiger partial charge in [0.25, 0.3) is 0 Å². The molecule has 0 spiro atoms. The molecule has 5 nitrogen and oxygen atoms in total. The summed E-state index contributed by atoms with van der Waals surface area (Å²) < 4.78 is 5.28. The summed E-state index contributed by atoms with van der Waals surface area (Å²) in [5.74, 6) is 0. The van der Waals surface area contributed by atoms with Gasteiger partial charge >= 0.3 is 6.03 Å². The molecule has 1 aromatic carbocycles. The lowest BCUT2D eigenvalue weighted by Gasteiger charge is -2.23. The van der Waals surface area contributed by atoms with Crippen molar-refractivity contribution in [1.82, 2.24) is 5.32 Å². The number of amides is 2. The molecule has 1 aliphatic rings. The molecular weight excluding hydrogens is 266 g/mol. The van der Waals surface area contributed by atoms with Crippen LogP contribution in [0.4, 0.5) is 10.5 Å². The normalized spacial score (nSPS) is 16.1. The molecule has 0 unspecified atom stereocenters. The van der Waals surface area contributed by atoms with Gasteiger partial charge in [-0.25, -0.2) is 4.79 Å². The Labute approximate surface area is 117 Å². The van der Waals surface area contributed by atoms with Crippen molar-refractivity contribution in [2.24, 2.45) is 0 Å². The Morgan fingerprint density at radius 3 is 2.63 bits per heavy atom. The number of benzene rings is 1. The number of carbonyl (C=O) groups is 1. The molecule has 1 saturated heterocycles. The van der Waals surface area contributed by atoms with E-state index in [2.05, 4.69) is 10.6 Å². The lowest BCUT2D eigenvalue weighted by molar-refractivity contribution is -0.906. The first-order valence-electron chi connectivity index (χ1n) is 6.46. The van der Waals surface area contributed by atoms with Gasteiger partial charge in [-0.3, -0.25) is 0 Å². The number of nitrogens with one attached hydrogen (secondary N) is 3. The molecule has 1 aromatic rings. The molecule has 19 heavy (non-hydrogen) atoms. The Morgan fingerprint density at radius 2 is 1.95 bits per heavy atom. The summed E-state index contributed by atoms with van der Waals surface area (Å²) >= 11 is 5.78. The largest absolute Gasteiger partial charge is 0.370 e. The van der Waals surface area contributed by atoms with Gasteiger partial charge in [-0.15, -0.1) is 0 Å². The second-order valence-corrected chi connectivity index (χ2v) is 4.94. The van der Waals surface area contributed by atoms with Crippen LogP contribution >= 0.6 is 11.6 Å². The van der Waals surface area contributed by atoms with Crippen LogP contribution in [0.5, 0.6) is 0 Å². The molecule has 1 aliphatic heterocycles. The molecule has 0 aromatic heterocycles. The lowest BCUT2D eigenvalue weighted by Crippen LogP contribution is -3.14. The fourth-order valence-corrected chi connectivity index (χ4v) is 2.10. The fourth-order valence-electron chi connectivity index (χ4n) is 1.97. The number of ether oxygens (including phenoxy) is 1. The van der Waals surface area contributed by atoms with Crippen molar-refractivity contribution in [3.63, 3.8) is 0 Å². The third-order valence-electron chi connectivity index (χ3n) is 3.07. The van der Waals surface area contributed by atoms with Crippen molar-refractivity contribution in [1.29, 1.82) is 0 Å². The minimum Gasteiger partial charge on any atom is -0.370 e. The summed E-state index contributed by atoms with van der Waals surface area (Å²) in [6.45, 7) is 5.24. The minimum atomic E-state index is -0.185. The smallest absolute Gasteiger partial charge is 0.319 e. The molecule has 2 amide bonds. The Bertz CT molecular complexity index is 405. The van der Waals surface area contributed by atoms with E-state index < -0.39 is 0 Å². The van der Waals surface area contributed by atoms with Crippen LogP contribution in [0.3, 0.4) is 0 Å². The zero-order valence-corrected chi connectivity index (χ0v) is 11.5. The van der Waals surface area contributed by atoms with Crippen molar-refractivity contribution in [3.8, 4) is 0 Å². The highest BCUT2D eigenvalue weighted by atomic mass is 35.5. The average Bonchev–Trinajstić information content (AvgIpc) is 2.43. The van der Waals surface area contributed by atoms with Crippen LogP contribution in [0.25, 0.3) is 0 Å². The van der Waals surface area contributed by atoms with Crippen LogP contribution < -0.4 is 15.5 Å². The van der Waals surface area contributed by atoms with Gasteiger partial charge < -0.3 is 20.3 Å². The standard InChI is InChI=1S/C13H18ClN3O2/c14-11-1-3-12(4-2-11)16-13(18)15-5-6-17-7-9-19-10-8-17/h1-4H,5-10H2,(H2,15,16,18)/p+1. The highest BCUT2D eigenvalue weighted by Crippen LogP contribution is 2.12. The predicted molar refractivity (Wildman–Crippen MR) is 74.9 cm³/mol. The molecule has 0 atom stereocenters. The summed E-state index contributed by atoms with van der Waals surface area (Å²) in [4.78, 5) is 13.1. The van der Waals surface area contributed by atoms with E-state index in [1.54, 1.807) is 24.3 Å². The molecule has 2 rings (SSSR count). The number of carbonyl (C=O) groups excluding carboxylic acids is 1. The number of rotatable bonds is 4. The Balaban J connectivity index is 1.65. The second-order valence-electron chi connectivity index (χ2n) is 4.50. The summed E-state index contributed by atoms with van der Waals surface area (Å²) in [6.07, 6.45) is 0. The maximum absolute atomic E-state index is 11.6. The summed E-state index contributed by atoms with van der Waals surface area (Å²) in [5, 5.41) is 6.27. The third-order valence-corrected chi connectivity index (χ3v) is 3.32. The van der Waals surface area contributed by atoms with Crippen molar-refractivity contribution in [3.05, 3.63) is 29.3 Å². The second kappa shape index (κ2) is 7.33. The molecule has 0 radical (unpaired) electrons. The molecular formula is C13H19ClN3O2+. The number of urea groups is 1. The first-order chi connectivity index (χ1) is 9.24. The Kier molecular flexibility index (Phi) is 5.44. The number of morpholine rings is 1. The van der Waals surface area contributed by atoms with E-state index in [1.807, 2.05) is 0 Å². The molecule has 3 N–H and O–H groups in total. The number of halogens is 1. The zero-order valence-electron chi connectivity index (χ0n) is 10.7. The highest BCUT2D eigenvalue weighted by Gasteiger charge is 2.13. The lowest BCUT2D eigenvalue weighted by atomic mass is 10.3. The molecule has 104 valence electrons. The number of quaternary nitrogens is 1. The van der Waals surface area contributed by atoms with Gasteiger partial charge in [0.1, 0.15) is 13.1 Å². The number of anilines is 1. The molecule has 0 bridgehead atoms. The summed E-state index contributed by atoms with van der Waals surface area (Å²) in [6, 6.07) is 6.85. The van der Waals surface area contributed by atoms with Gasteiger partial charge in [-0.2, -0.15) is 0 Å². The van der Waals surface area contributed by atoms with E-state index in [4.69, 9.17) is 16.3 Å². The van der Waals surface area contributed by atoms with E-state index in [9.17, 15) is 4.79 Å². The van der Waals surface area contributed by atoms with E-state index in [1.165, 1.54) is 4.90 Å². The molecule has 1 fully saturated rings. The predicted octanol–water partition coefficient (Wildman–Crippen LogP) is 0.377. The third kappa shape index (κ3) is 5.06. The SMILES string of the molecule is O=C(NCC[NH+]1CCOCC1)Nc1ccc(Cl)cc1. The fraction of sp³-hybridized carbons (Fsp3) is 0.462. The van der Waals surface area contributed by atoms with Crippen LogP contribution in [0, 0.1) is 0 Å². The van der Waals surface area contributed by atoms with Crippen molar-refractivity contribution in [2.75, 3.05) is 44.7 Å². The van der Waals surface area contributed by atoms with E-state index in [0.717, 1.165) is 38.5 Å². The van der Waals surface area contributed by atoms with Crippen LogP contribution in [-0.4, -0.2) is 45.4 Å². The molecule has 0 saturated carbocycles. The monoisotopic (exact) mass is 284 g/mol. The van der Waals surface area contributed by atoms with Gasteiger partial charge in [-0.05, 0) is 24.3 Å². The first kappa shape index (κ1) is 14.1. The van der Waals surface area contributed by atoms with Crippen molar-refractivity contribution in [2.45, 2.75) is 0 Å². The van der Waals surface area contributed by atoms with Gasteiger partial charge in [0.15, 0.2) is 0 Å². The maximum Gasteiger partial charge on any atom is 0.319 e. The van der Waals surface area contributed by atoms with Gasteiger partial charge in [0.2, 0.25) is 0 Å². The first-order valence-corrected chi connectivity index (χ1v) is 6.83. The van der Waals surface area contributed by atoms with Gasteiger partial charge in [0.05, 0.1) is 26.3 Å². The average molecular weight is 285 g/mol. The van der Waals surface area contributed by atoms with E-state index >= 15 is 0 Å². The van der Waals surface area contributed by atoms with Crippen molar-refractivity contribution >= 4 is 23.3 Å². The quantitative estimate of drug-likeness (QED) is 0.749. The van der Waals surface area contributed by atoms with E-state index in [-0.39, 0.29) is 6.03 Å².